The van der Waals surface area contributed by atoms with Crippen LogP contribution in [0, 0.1) is 70.5 Å². The molecule has 12 saturated heterocycles. The first-order valence-electron chi connectivity index (χ1n) is 34.2. The molecular weight excluding hydrogens is 1250 g/mol. The van der Waals surface area contributed by atoms with Crippen molar-refractivity contribution in [2.24, 2.45) is 75.5 Å². The predicted octanol–water partition coefficient (Wildman–Crippen LogP) is 10.1. The van der Waals surface area contributed by atoms with Gasteiger partial charge < -0.3 is 56.8 Å². The second-order valence-corrected chi connectivity index (χ2v) is 30.4. The summed E-state index contributed by atoms with van der Waals surface area (Å²) in [6, 6.07) is 6.50. The number of aliphatic imine (C=N–C) groups is 1. The number of rotatable bonds is 19. The molecule has 2 unspecified atom stereocenters. The predicted molar refractivity (Wildman–Crippen MR) is 321 cm³/mol. The molecule has 15 aliphatic rings. The van der Waals surface area contributed by atoms with Crippen molar-refractivity contribution in [2.75, 3.05) is 13.2 Å². The third kappa shape index (κ3) is 12.1. The number of nitrogens with zero attached hydrogens (tertiary/aromatic N) is 1. The molecular formula is C68H92ClNO24. The normalized spacial score (nSPS) is 45.2. The van der Waals surface area contributed by atoms with Crippen LogP contribution in [-0.2, 0) is 115 Å². The van der Waals surface area contributed by atoms with Gasteiger partial charge in [0.1, 0.15) is 0 Å². The SMILES string of the molecule is C[C@H]1[C@H](OC(=O)CCC(=O)OCC(COC(=O)CCC(=O)O[C@@H]2OC3O[C@@]4(C)CC[C@H]5[C@H](C)CC[C@@](C)([C@H]2C)[C@@]35OO4)(N=Cc2cccc(Cl)c2)OC(=O)CCC(=O)O[C@@H]2O[C@@H]3O[C@]4(C)CC[C@H]5[C@H](C)CC[C@@H]([C@H]2C)[C@@]35OO4)O[C@@H]2O[C@@]3(C)CC[C@H]4[C@H](C)CC[C@@H]1[C@@]24OO3. The van der Waals surface area contributed by atoms with Crippen molar-refractivity contribution in [1.29, 1.82) is 0 Å². The van der Waals surface area contributed by atoms with E-state index in [9.17, 15) is 28.8 Å². The lowest BCUT2D eigenvalue weighted by Crippen LogP contribution is -2.74. The number of hydrogen-bond donors (Lipinski definition) is 0. The number of hydrogen-bond acceptors (Lipinski definition) is 25. The van der Waals surface area contributed by atoms with E-state index >= 15 is 0 Å². The van der Waals surface area contributed by atoms with Gasteiger partial charge >= 0.3 is 35.8 Å². The summed E-state index contributed by atoms with van der Waals surface area (Å²) in [5.41, 5.74) is -5.30. The Bertz CT molecular complexity index is 3100. The summed E-state index contributed by atoms with van der Waals surface area (Å²) in [5, 5.41) is 0.333. The van der Waals surface area contributed by atoms with Crippen LogP contribution < -0.4 is 0 Å². The largest absolute Gasteiger partial charge is 0.459 e. The fourth-order valence-corrected chi connectivity index (χ4v) is 18.5. The van der Waals surface area contributed by atoms with Crippen LogP contribution in [-0.4, -0.2) is 133 Å². The smallest absolute Gasteiger partial charge is 0.308 e. The molecule has 15 fully saturated rings. The lowest BCUT2D eigenvalue weighted by Gasteiger charge is -2.65. The first-order valence-corrected chi connectivity index (χ1v) is 34.5. The first kappa shape index (κ1) is 68.1. The average Bonchev–Trinajstić information content (AvgIpc) is 1.25. The van der Waals surface area contributed by atoms with Gasteiger partial charge in [0, 0.05) is 65.5 Å². The van der Waals surface area contributed by atoms with Gasteiger partial charge in [0.25, 0.3) is 5.72 Å². The second-order valence-electron chi connectivity index (χ2n) is 30.0. The van der Waals surface area contributed by atoms with E-state index < -0.39 is 171 Å². The van der Waals surface area contributed by atoms with Crippen molar-refractivity contribution >= 4 is 53.6 Å². The van der Waals surface area contributed by atoms with Crippen LogP contribution in [0.25, 0.3) is 0 Å². The molecule has 0 N–H and O–H groups in total. The van der Waals surface area contributed by atoms with Gasteiger partial charge in [0.15, 0.2) is 48.9 Å². The van der Waals surface area contributed by atoms with Crippen molar-refractivity contribution in [3.63, 3.8) is 0 Å². The fraction of sp³-hybridized carbons (Fsp3) is 0.809. The van der Waals surface area contributed by atoms with E-state index in [-0.39, 0.29) is 47.3 Å². The van der Waals surface area contributed by atoms with Crippen LogP contribution in [0.1, 0.15) is 190 Å². The minimum atomic E-state index is -2.35. The topological polar surface area (TPSA) is 281 Å². The summed E-state index contributed by atoms with van der Waals surface area (Å²) < 4.78 is 74.4. The number of ether oxygens (including phenoxy) is 12. The lowest BCUT2D eigenvalue weighted by molar-refractivity contribution is -0.586. The van der Waals surface area contributed by atoms with Gasteiger partial charge in [-0.3, -0.25) is 28.8 Å². The summed E-state index contributed by atoms with van der Waals surface area (Å²) in [6.07, 6.45) is 1.58. The highest BCUT2D eigenvalue weighted by molar-refractivity contribution is 6.30. The van der Waals surface area contributed by atoms with Gasteiger partial charge in [-0.2, -0.15) is 0 Å². The minimum absolute atomic E-state index is 0.0536. The Hall–Kier alpha value is -4.48. The van der Waals surface area contributed by atoms with Crippen molar-refractivity contribution in [1.82, 2.24) is 0 Å². The van der Waals surface area contributed by atoms with Crippen LogP contribution in [0.3, 0.4) is 0 Å². The van der Waals surface area contributed by atoms with Gasteiger partial charge in [-0.1, -0.05) is 72.2 Å². The zero-order valence-electron chi connectivity index (χ0n) is 55.5. The highest BCUT2D eigenvalue weighted by Gasteiger charge is 2.76. The van der Waals surface area contributed by atoms with Crippen molar-refractivity contribution in [3.05, 3.63) is 34.9 Å². The molecule has 94 heavy (non-hydrogen) atoms. The van der Waals surface area contributed by atoms with Gasteiger partial charge in [-0.15, -0.1) is 0 Å². The molecule has 12 aliphatic heterocycles. The summed E-state index contributed by atoms with van der Waals surface area (Å²) in [6.45, 7) is 18.1. The number of halogens is 1. The maximum Gasteiger partial charge on any atom is 0.308 e. The Balaban J connectivity index is 0.686. The molecule has 12 heterocycles. The minimum Gasteiger partial charge on any atom is -0.459 e. The number of carbonyl (C=O) groups is 6. The van der Waals surface area contributed by atoms with Gasteiger partial charge in [0.2, 0.25) is 36.2 Å². The van der Waals surface area contributed by atoms with Crippen molar-refractivity contribution < 1.29 is 115 Å². The highest BCUT2D eigenvalue weighted by atomic mass is 35.5. The van der Waals surface area contributed by atoms with Crippen molar-refractivity contribution in [2.45, 2.75) is 262 Å². The first-order chi connectivity index (χ1) is 44.6. The fourth-order valence-electron chi connectivity index (χ4n) is 18.3. The van der Waals surface area contributed by atoms with Crippen LogP contribution >= 0.6 is 11.6 Å². The maximum absolute atomic E-state index is 14.3. The molecule has 520 valence electrons. The monoisotopic (exact) mass is 1340 g/mol. The molecule has 25 atom stereocenters. The molecule has 25 nitrogen and oxygen atoms in total. The van der Waals surface area contributed by atoms with E-state index in [1.165, 1.54) is 6.21 Å². The van der Waals surface area contributed by atoms with Crippen LogP contribution in [0.4, 0.5) is 0 Å². The van der Waals surface area contributed by atoms with Crippen LogP contribution in [0.5, 0.6) is 0 Å². The number of benzene rings is 1. The van der Waals surface area contributed by atoms with E-state index in [1.807, 2.05) is 20.8 Å². The average molecular weight is 1340 g/mol. The number of carbonyl (C=O) groups excluding carboxylic acids is 6. The maximum atomic E-state index is 14.3. The van der Waals surface area contributed by atoms with Crippen LogP contribution in [0.2, 0.25) is 5.02 Å². The Morgan fingerprint density at radius 3 is 1.48 bits per heavy atom. The summed E-state index contributed by atoms with van der Waals surface area (Å²) in [5.74, 6) is -8.68. The number of fused-ring (bicyclic) bond motifs is 6. The summed E-state index contributed by atoms with van der Waals surface area (Å²) in [7, 11) is 0. The lowest BCUT2D eigenvalue weighted by atomic mass is 9.50. The van der Waals surface area contributed by atoms with Crippen molar-refractivity contribution in [3.8, 4) is 0 Å². The molecule has 0 aromatic heterocycles. The second kappa shape index (κ2) is 25.7. The molecule has 3 spiro atoms. The zero-order valence-corrected chi connectivity index (χ0v) is 56.2. The molecule has 6 bridgehead atoms. The quantitative estimate of drug-likeness (QED) is 0.0538. The van der Waals surface area contributed by atoms with Gasteiger partial charge in [-0.25, -0.2) is 34.3 Å². The Kier molecular flexibility index (Phi) is 18.6. The third-order valence-corrected chi connectivity index (χ3v) is 24.2. The Labute approximate surface area is 552 Å². The van der Waals surface area contributed by atoms with E-state index in [2.05, 4.69) is 32.7 Å². The molecule has 16 rings (SSSR count). The standard InChI is InChI=1S/C68H92ClNO24/c1-36-14-16-47-39(4)55(82-58-66(47)44(36)25-29-62(8,86-58)89-92-66)79-51(73)20-18-49(71)77-34-65(70-33-42-12-11-13-43(69)32-42,85-54(76)23-22-52(74)80-56-40(5)48-17-15-37(2)45-26-30-63(9)87-59(83-56)67(45,48)93-90-63)35-78-50(72)19-21-53(75)81-57-41(6)61(7)28-24-38(3)46-27-31-64(10)88-60(84-57)68(46,61)94-91-64/h11-13,32-33,36-41,44-48,55-60H,14-31,34-35H2,1-10H3/t36-,37-,38-,39-,40-,41+,44+,45+,46+,47+,48+,55-,56-,57-,58-,59-,60?,61+,62-,63+,64-,65?,66-,67-,68+/m1/s1. The Morgan fingerprint density at radius 1 is 0.511 bits per heavy atom. The van der Waals surface area contributed by atoms with Gasteiger partial charge in [-0.05, 0) is 132 Å². The molecule has 1 aromatic carbocycles. The van der Waals surface area contributed by atoms with E-state index in [4.69, 9.17) is 97.8 Å². The molecule has 3 aliphatic carbocycles. The number of esters is 6. The van der Waals surface area contributed by atoms with Gasteiger partial charge in [0.05, 0.1) is 38.5 Å². The Morgan fingerprint density at radius 2 is 0.957 bits per heavy atom. The third-order valence-electron chi connectivity index (χ3n) is 23.9. The molecule has 3 saturated carbocycles. The van der Waals surface area contributed by atoms with E-state index in [0.717, 1.165) is 57.8 Å². The summed E-state index contributed by atoms with van der Waals surface area (Å²) >= 11 is 6.38. The summed E-state index contributed by atoms with van der Waals surface area (Å²) in [4.78, 5) is 125. The molecule has 1 aromatic rings. The van der Waals surface area contributed by atoms with E-state index in [0.29, 0.717) is 47.6 Å². The highest BCUT2D eigenvalue weighted by Crippen LogP contribution is 2.67. The zero-order chi connectivity index (χ0) is 66.5. The molecule has 26 heteroatoms. The van der Waals surface area contributed by atoms with Crippen LogP contribution in [0.15, 0.2) is 29.3 Å². The molecule has 0 radical (unpaired) electrons. The van der Waals surface area contributed by atoms with E-state index in [1.54, 1.807) is 45.0 Å². The molecule has 0 amide bonds.